The lowest BCUT2D eigenvalue weighted by molar-refractivity contribution is 0.100. The van der Waals surface area contributed by atoms with E-state index < -0.39 is 5.91 Å². The van der Waals surface area contributed by atoms with Crippen molar-refractivity contribution in [1.29, 1.82) is 0 Å². The van der Waals surface area contributed by atoms with E-state index in [1.165, 1.54) is 11.1 Å². The first-order valence-electron chi connectivity index (χ1n) is 11.8. The van der Waals surface area contributed by atoms with Crippen molar-refractivity contribution in [2.24, 2.45) is 5.73 Å². The molecular formula is C26H37N3O3. The highest BCUT2D eigenvalue weighted by atomic mass is 16.5. The largest absolute Gasteiger partial charge is 0.492 e. The summed E-state index contributed by atoms with van der Waals surface area (Å²) in [6.07, 6.45) is 4.53. The van der Waals surface area contributed by atoms with Crippen LogP contribution in [0, 0.1) is 0 Å². The zero-order valence-corrected chi connectivity index (χ0v) is 19.4. The monoisotopic (exact) mass is 439 g/mol. The van der Waals surface area contributed by atoms with E-state index in [4.69, 9.17) is 15.6 Å². The number of carbonyl (C=O) groups excluding carboxylic acids is 1. The highest BCUT2D eigenvalue weighted by molar-refractivity contribution is 6.00. The highest BCUT2D eigenvalue weighted by Crippen LogP contribution is 2.33. The van der Waals surface area contributed by atoms with Gasteiger partial charge in [0.1, 0.15) is 12.4 Å². The van der Waals surface area contributed by atoms with Gasteiger partial charge in [-0.3, -0.25) is 4.79 Å². The number of fused-ring (bicyclic) bond motifs is 1. The van der Waals surface area contributed by atoms with Crippen LogP contribution >= 0.6 is 0 Å². The molecule has 6 heteroatoms. The van der Waals surface area contributed by atoms with Crippen molar-refractivity contribution in [2.75, 3.05) is 37.7 Å². The Morgan fingerprint density at radius 1 is 1.31 bits per heavy atom. The van der Waals surface area contributed by atoms with E-state index in [0.29, 0.717) is 18.6 Å². The number of aliphatic hydroxyl groups is 1. The minimum atomic E-state index is -0.390. The summed E-state index contributed by atoms with van der Waals surface area (Å²) in [6, 6.07) is 12.6. The molecule has 2 aromatic carbocycles. The predicted molar refractivity (Wildman–Crippen MR) is 130 cm³/mol. The van der Waals surface area contributed by atoms with Crippen LogP contribution < -0.4 is 20.7 Å². The molecule has 3 rings (SSSR count). The molecule has 4 N–H and O–H groups in total. The molecule has 174 valence electrons. The standard InChI is InChI=1S/C26H37N3O3/c1-3-7-21-8-4-5-9-24(21)32-15-11-28-19(2)16-20-17-22-10-13-29(12-6-14-30)25(22)23(18-20)26(27)31/h4-5,8-9,17-19,28,30H,3,6-7,10-16H2,1-2H3,(H2,27,31). The number of amides is 1. The molecule has 32 heavy (non-hydrogen) atoms. The summed E-state index contributed by atoms with van der Waals surface area (Å²) in [7, 11) is 0. The van der Waals surface area contributed by atoms with Crippen LogP contribution in [0.1, 0.15) is 53.7 Å². The molecule has 0 aliphatic carbocycles. The van der Waals surface area contributed by atoms with Crippen molar-refractivity contribution in [3.63, 3.8) is 0 Å². The van der Waals surface area contributed by atoms with E-state index >= 15 is 0 Å². The van der Waals surface area contributed by atoms with Crippen molar-refractivity contribution >= 4 is 11.6 Å². The average Bonchev–Trinajstić information content (AvgIpc) is 3.18. The summed E-state index contributed by atoms with van der Waals surface area (Å²) >= 11 is 0. The molecule has 1 heterocycles. The van der Waals surface area contributed by atoms with Gasteiger partial charge in [0.2, 0.25) is 0 Å². The minimum absolute atomic E-state index is 0.146. The first-order valence-corrected chi connectivity index (χ1v) is 11.8. The number of para-hydroxylation sites is 1. The van der Waals surface area contributed by atoms with Gasteiger partial charge in [-0.05, 0) is 61.4 Å². The third-order valence-corrected chi connectivity index (χ3v) is 5.95. The fourth-order valence-electron chi connectivity index (χ4n) is 4.50. The molecule has 0 saturated heterocycles. The fraction of sp³-hybridized carbons (Fsp3) is 0.500. The second-order valence-electron chi connectivity index (χ2n) is 8.60. The number of hydrogen-bond donors (Lipinski definition) is 3. The van der Waals surface area contributed by atoms with Crippen molar-refractivity contribution in [2.45, 2.75) is 52.0 Å². The van der Waals surface area contributed by atoms with Crippen molar-refractivity contribution in [3.05, 3.63) is 58.7 Å². The Balaban J connectivity index is 1.56. The van der Waals surface area contributed by atoms with Crippen molar-refractivity contribution in [3.8, 4) is 5.75 Å². The predicted octanol–water partition coefficient (Wildman–Crippen LogP) is 3.08. The summed E-state index contributed by atoms with van der Waals surface area (Å²) in [5.41, 5.74) is 10.8. The zero-order chi connectivity index (χ0) is 22.9. The average molecular weight is 440 g/mol. The van der Waals surface area contributed by atoms with Crippen LogP contribution in [0.4, 0.5) is 5.69 Å². The lowest BCUT2D eigenvalue weighted by Gasteiger charge is -2.22. The SMILES string of the molecule is CCCc1ccccc1OCCNC(C)Cc1cc2c(c(C(N)=O)c1)N(CCCO)CC2. The number of nitrogens with one attached hydrogen (secondary N) is 1. The first-order chi connectivity index (χ1) is 15.5. The van der Waals surface area contributed by atoms with E-state index in [1.54, 1.807) is 0 Å². The molecule has 0 spiro atoms. The second-order valence-corrected chi connectivity index (χ2v) is 8.60. The number of benzene rings is 2. The molecule has 0 radical (unpaired) electrons. The Kier molecular flexibility index (Phi) is 8.94. The Bertz CT molecular complexity index is 900. The normalized spacial score (nSPS) is 13.8. The molecule has 6 nitrogen and oxygen atoms in total. The maximum absolute atomic E-state index is 12.2. The number of rotatable bonds is 13. The zero-order valence-electron chi connectivity index (χ0n) is 19.4. The molecule has 0 aromatic heterocycles. The van der Waals surface area contributed by atoms with Crippen LogP contribution in [0.3, 0.4) is 0 Å². The topological polar surface area (TPSA) is 87.8 Å². The smallest absolute Gasteiger partial charge is 0.250 e. The summed E-state index contributed by atoms with van der Waals surface area (Å²) in [4.78, 5) is 14.3. The van der Waals surface area contributed by atoms with E-state index in [-0.39, 0.29) is 12.6 Å². The molecule has 1 aliphatic heterocycles. The first kappa shape index (κ1) is 24.1. The van der Waals surface area contributed by atoms with Gasteiger partial charge < -0.3 is 25.8 Å². The van der Waals surface area contributed by atoms with Gasteiger partial charge in [-0.25, -0.2) is 0 Å². The molecule has 1 atom stereocenters. The lowest BCUT2D eigenvalue weighted by Crippen LogP contribution is -2.32. The maximum Gasteiger partial charge on any atom is 0.250 e. The molecule has 1 unspecified atom stereocenters. The molecule has 1 amide bonds. The van der Waals surface area contributed by atoms with Gasteiger partial charge in [-0.1, -0.05) is 37.6 Å². The molecular weight excluding hydrogens is 402 g/mol. The fourth-order valence-corrected chi connectivity index (χ4v) is 4.50. The number of nitrogens with two attached hydrogens (primary N) is 1. The number of hydrogen-bond acceptors (Lipinski definition) is 5. The van der Waals surface area contributed by atoms with Gasteiger partial charge in [-0.2, -0.15) is 0 Å². The van der Waals surface area contributed by atoms with Gasteiger partial charge in [0.25, 0.3) is 5.91 Å². The van der Waals surface area contributed by atoms with Crippen LogP contribution in [0.25, 0.3) is 0 Å². The Morgan fingerprint density at radius 2 is 2.12 bits per heavy atom. The highest BCUT2D eigenvalue weighted by Gasteiger charge is 2.25. The number of nitrogens with zero attached hydrogens (tertiary/aromatic N) is 1. The van der Waals surface area contributed by atoms with Crippen LogP contribution in [0.2, 0.25) is 0 Å². The van der Waals surface area contributed by atoms with Gasteiger partial charge in [0, 0.05) is 32.3 Å². The molecule has 0 fully saturated rings. The van der Waals surface area contributed by atoms with Crippen LogP contribution in [-0.2, 0) is 19.3 Å². The van der Waals surface area contributed by atoms with Crippen molar-refractivity contribution in [1.82, 2.24) is 5.32 Å². The van der Waals surface area contributed by atoms with Crippen molar-refractivity contribution < 1.29 is 14.6 Å². The summed E-state index contributed by atoms with van der Waals surface area (Å²) in [6.45, 7) is 7.44. The number of anilines is 1. The van der Waals surface area contributed by atoms with Crippen LogP contribution in [0.15, 0.2) is 36.4 Å². The lowest BCUT2D eigenvalue weighted by atomic mass is 9.98. The van der Waals surface area contributed by atoms with E-state index in [0.717, 1.165) is 62.3 Å². The second kappa shape index (κ2) is 11.9. The molecule has 0 bridgehead atoms. The van der Waals surface area contributed by atoms with E-state index in [9.17, 15) is 4.79 Å². The number of ether oxygens (including phenoxy) is 1. The molecule has 2 aromatic rings. The van der Waals surface area contributed by atoms with Gasteiger partial charge in [-0.15, -0.1) is 0 Å². The molecule has 1 aliphatic rings. The Labute approximate surface area is 191 Å². The summed E-state index contributed by atoms with van der Waals surface area (Å²) in [5, 5.41) is 12.7. The van der Waals surface area contributed by atoms with Crippen LogP contribution in [0.5, 0.6) is 5.75 Å². The van der Waals surface area contributed by atoms with Gasteiger partial charge in [0.05, 0.1) is 11.3 Å². The maximum atomic E-state index is 12.2. The number of carbonyl (C=O) groups is 1. The van der Waals surface area contributed by atoms with Crippen LogP contribution in [-0.4, -0.2) is 49.9 Å². The number of primary amides is 1. The van der Waals surface area contributed by atoms with Gasteiger partial charge >= 0.3 is 0 Å². The van der Waals surface area contributed by atoms with E-state index in [1.807, 2.05) is 18.2 Å². The quantitative estimate of drug-likeness (QED) is 0.418. The third-order valence-electron chi connectivity index (χ3n) is 5.95. The number of aliphatic hydroxyl groups excluding tert-OH is 1. The van der Waals surface area contributed by atoms with Gasteiger partial charge in [0.15, 0.2) is 0 Å². The molecule has 0 saturated carbocycles. The summed E-state index contributed by atoms with van der Waals surface area (Å²) < 4.78 is 6.00. The summed E-state index contributed by atoms with van der Waals surface area (Å²) in [5.74, 6) is 0.582. The van der Waals surface area contributed by atoms with E-state index in [2.05, 4.69) is 42.3 Å². The Morgan fingerprint density at radius 3 is 2.88 bits per heavy atom. The Hall–Kier alpha value is -2.57. The third kappa shape index (κ3) is 6.24. The minimum Gasteiger partial charge on any atom is -0.492 e. The number of aryl methyl sites for hydroxylation is 1.